The van der Waals surface area contributed by atoms with Crippen LogP contribution in [0.15, 0.2) is 77.4 Å². The van der Waals surface area contributed by atoms with Gasteiger partial charge in [-0.3, -0.25) is 19.7 Å². The second kappa shape index (κ2) is 9.83. The minimum absolute atomic E-state index is 0.0406. The summed E-state index contributed by atoms with van der Waals surface area (Å²) in [5.74, 6) is -2.71. The van der Waals surface area contributed by atoms with Gasteiger partial charge in [0.05, 0.1) is 23.9 Å². The van der Waals surface area contributed by atoms with Crippen molar-refractivity contribution in [2.24, 2.45) is 0 Å². The molecule has 152 valence electrons. The monoisotopic (exact) mass is 406 g/mol. The molecule has 0 spiro atoms. The third-order valence-electron chi connectivity index (χ3n) is 3.96. The van der Waals surface area contributed by atoms with Crippen LogP contribution < -0.4 is 10.6 Å². The highest BCUT2D eigenvalue weighted by Crippen LogP contribution is 2.17. The molecule has 0 saturated carbocycles. The van der Waals surface area contributed by atoms with Crippen molar-refractivity contribution < 1.29 is 28.3 Å². The molecule has 0 atom stereocenters. The molecule has 0 aliphatic rings. The number of hydrogen-bond acceptors (Lipinski definition) is 6. The number of hydrogen-bond donors (Lipinski definition) is 2. The summed E-state index contributed by atoms with van der Waals surface area (Å²) in [5, 5.41) is 4.72. The molecule has 3 aromatic rings. The van der Waals surface area contributed by atoms with Crippen LogP contribution in [0.25, 0.3) is 0 Å². The lowest BCUT2D eigenvalue weighted by Crippen LogP contribution is -2.34. The fourth-order valence-electron chi connectivity index (χ4n) is 2.59. The van der Waals surface area contributed by atoms with Gasteiger partial charge < -0.3 is 14.5 Å². The Morgan fingerprint density at radius 1 is 0.833 bits per heavy atom. The average Bonchev–Trinajstić information content (AvgIpc) is 3.28. The van der Waals surface area contributed by atoms with E-state index in [1.165, 1.54) is 24.5 Å². The number of anilines is 1. The van der Waals surface area contributed by atoms with Gasteiger partial charge in [0.1, 0.15) is 0 Å². The predicted octanol–water partition coefficient (Wildman–Crippen LogP) is 2.57. The van der Waals surface area contributed by atoms with Gasteiger partial charge in [-0.1, -0.05) is 42.5 Å². The van der Waals surface area contributed by atoms with Crippen molar-refractivity contribution in [3.05, 3.63) is 89.9 Å². The Labute approximate surface area is 171 Å². The first kappa shape index (κ1) is 20.5. The topological polar surface area (TPSA) is 115 Å². The van der Waals surface area contributed by atoms with Crippen LogP contribution in [0.2, 0.25) is 0 Å². The normalized spacial score (nSPS) is 10.1. The van der Waals surface area contributed by atoms with Crippen LogP contribution in [0.5, 0.6) is 0 Å². The predicted molar refractivity (Wildman–Crippen MR) is 107 cm³/mol. The molecular formula is C22H18N2O6. The van der Waals surface area contributed by atoms with Gasteiger partial charge in [-0.25, -0.2) is 4.79 Å². The van der Waals surface area contributed by atoms with Gasteiger partial charge in [-0.05, 0) is 29.8 Å². The van der Waals surface area contributed by atoms with Crippen molar-refractivity contribution in [2.75, 3.05) is 11.9 Å². The van der Waals surface area contributed by atoms with Crippen molar-refractivity contribution in [1.29, 1.82) is 0 Å². The number of carbonyl (C=O) groups is 4. The molecule has 3 amide bonds. The summed E-state index contributed by atoms with van der Waals surface area (Å²) in [7, 11) is 0. The van der Waals surface area contributed by atoms with E-state index >= 15 is 0 Å². The summed E-state index contributed by atoms with van der Waals surface area (Å²) >= 11 is 0. The van der Waals surface area contributed by atoms with Crippen LogP contribution in [0.4, 0.5) is 5.69 Å². The Bertz CT molecular complexity index is 1040. The van der Waals surface area contributed by atoms with E-state index in [0.29, 0.717) is 0 Å². The molecule has 8 nitrogen and oxygen atoms in total. The standard InChI is InChI=1S/C22H18N2O6/c25-19(13-15-7-2-1-3-8-15)23-17-10-5-4-9-16(17)22(28)30-14-20(26)24-21(27)18-11-6-12-29-18/h1-12H,13-14H2,(H,23,25)(H,24,26,27). The van der Waals surface area contributed by atoms with Gasteiger partial charge in [0, 0.05) is 0 Å². The van der Waals surface area contributed by atoms with Crippen molar-refractivity contribution >= 4 is 29.4 Å². The number of nitrogens with one attached hydrogen (secondary N) is 2. The summed E-state index contributed by atoms with van der Waals surface area (Å²) in [6, 6.07) is 18.3. The zero-order chi connectivity index (χ0) is 21.3. The summed E-state index contributed by atoms with van der Waals surface area (Å²) in [6.07, 6.45) is 1.43. The van der Waals surface area contributed by atoms with Gasteiger partial charge >= 0.3 is 5.97 Å². The highest BCUT2D eigenvalue weighted by Gasteiger charge is 2.18. The van der Waals surface area contributed by atoms with Crippen LogP contribution in [-0.4, -0.2) is 30.3 Å². The summed E-state index contributed by atoms with van der Waals surface area (Å²) in [4.78, 5) is 48.2. The maximum absolute atomic E-state index is 12.4. The van der Waals surface area contributed by atoms with Crippen LogP contribution in [0, 0.1) is 0 Å². The SMILES string of the molecule is O=C(COC(=O)c1ccccc1NC(=O)Cc1ccccc1)NC(=O)c1ccco1. The molecule has 2 N–H and O–H groups in total. The molecule has 0 aliphatic carbocycles. The first-order chi connectivity index (χ1) is 14.5. The zero-order valence-electron chi connectivity index (χ0n) is 15.8. The zero-order valence-corrected chi connectivity index (χ0v) is 15.8. The molecule has 2 aromatic carbocycles. The fraction of sp³-hybridized carbons (Fsp3) is 0.0909. The lowest BCUT2D eigenvalue weighted by atomic mass is 10.1. The second-order valence-electron chi connectivity index (χ2n) is 6.19. The Kier molecular flexibility index (Phi) is 6.73. The van der Waals surface area contributed by atoms with Gasteiger partial charge in [-0.2, -0.15) is 0 Å². The van der Waals surface area contributed by atoms with E-state index in [1.807, 2.05) is 35.6 Å². The Morgan fingerprint density at radius 2 is 1.57 bits per heavy atom. The average molecular weight is 406 g/mol. The molecular weight excluding hydrogens is 388 g/mol. The van der Waals surface area contributed by atoms with Gasteiger partial charge in [0.15, 0.2) is 12.4 Å². The number of ether oxygens (including phenoxy) is 1. The molecule has 1 aromatic heterocycles. The maximum atomic E-state index is 12.4. The van der Waals surface area contributed by atoms with Gasteiger partial charge in [0.25, 0.3) is 11.8 Å². The number of furan rings is 1. The highest BCUT2D eigenvalue weighted by atomic mass is 16.5. The maximum Gasteiger partial charge on any atom is 0.340 e. The smallest absolute Gasteiger partial charge is 0.340 e. The Balaban J connectivity index is 1.56. The number of rotatable bonds is 7. The lowest BCUT2D eigenvalue weighted by molar-refractivity contribution is -0.123. The molecule has 8 heteroatoms. The van der Waals surface area contributed by atoms with Gasteiger partial charge in [0.2, 0.25) is 5.91 Å². The van der Waals surface area contributed by atoms with Crippen LogP contribution in [-0.2, 0) is 20.7 Å². The molecule has 30 heavy (non-hydrogen) atoms. The Hall–Kier alpha value is -4.20. The molecule has 1 heterocycles. The molecule has 0 fully saturated rings. The van der Waals surface area contributed by atoms with E-state index < -0.39 is 24.4 Å². The van der Waals surface area contributed by atoms with E-state index in [1.54, 1.807) is 18.2 Å². The van der Waals surface area contributed by atoms with Crippen molar-refractivity contribution in [2.45, 2.75) is 6.42 Å². The molecule has 0 bridgehead atoms. The van der Waals surface area contributed by atoms with E-state index in [0.717, 1.165) is 5.56 Å². The highest BCUT2D eigenvalue weighted by molar-refractivity contribution is 6.05. The van der Waals surface area contributed by atoms with E-state index in [4.69, 9.17) is 9.15 Å². The lowest BCUT2D eigenvalue weighted by Gasteiger charge is -2.11. The largest absolute Gasteiger partial charge is 0.459 e. The summed E-state index contributed by atoms with van der Waals surface area (Å²) in [5.41, 5.74) is 1.17. The second-order valence-corrected chi connectivity index (χ2v) is 6.19. The van der Waals surface area contributed by atoms with Crippen LogP contribution in [0.1, 0.15) is 26.5 Å². The molecule has 0 saturated heterocycles. The van der Waals surface area contributed by atoms with Crippen LogP contribution in [0.3, 0.4) is 0 Å². The number of imide groups is 1. The van der Waals surface area contributed by atoms with Crippen molar-refractivity contribution in [1.82, 2.24) is 5.32 Å². The van der Waals surface area contributed by atoms with E-state index in [2.05, 4.69) is 5.32 Å². The van der Waals surface area contributed by atoms with Crippen LogP contribution >= 0.6 is 0 Å². The van der Waals surface area contributed by atoms with E-state index in [9.17, 15) is 19.2 Å². The molecule has 3 rings (SSSR count). The number of esters is 1. The summed E-state index contributed by atoms with van der Waals surface area (Å²) in [6.45, 7) is -0.669. The molecule has 0 aliphatic heterocycles. The molecule has 0 radical (unpaired) electrons. The first-order valence-corrected chi connectivity index (χ1v) is 9.00. The minimum atomic E-state index is -0.814. The number of para-hydroxylation sites is 1. The Morgan fingerprint density at radius 3 is 2.30 bits per heavy atom. The quantitative estimate of drug-likeness (QED) is 0.583. The van der Waals surface area contributed by atoms with Gasteiger partial charge in [-0.15, -0.1) is 0 Å². The number of carbonyl (C=O) groups excluding carboxylic acids is 4. The minimum Gasteiger partial charge on any atom is -0.459 e. The van der Waals surface area contributed by atoms with Crippen molar-refractivity contribution in [3.63, 3.8) is 0 Å². The summed E-state index contributed by atoms with van der Waals surface area (Å²) < 4.78 is 9.84. The third kappa shape index (κ3) is 5.65. The third-order valence-corrected chi connectivity index (χ3v) is 3.96. The van der Waals surface area contributed by atoms with Crippen molar-refractivity contribution in [3.8, 4) is 0 Å². The fourth-order valence-corrected chi connectivity index (χ4v) is 2.59. The number of amides is 3. The first-order valence-electron chi connectivity index (χ1n) is 9.00. The molecule has 0 unspecified atom stereocenters. The van der Waals surface area contributed by atoms with E-state index in [-0.39, 0.29) is 29.3 Å². The number of benzene rings is 2.